The molecule has 8 heteroatoms. The Labute approximate surface area is 156 Å². The number of ether oxygens (including phenoxy) is 1. The van der Waals surface area contributed by atoms with Gasteiger partial charge < -0.3 is 4.74 Å². The maximum Gasteiger partial charge on any atom is 0.408 e. The summed E-state index contributed by atoms with van der Waals surface area (Å²) in [6, 6.07) is 9.27. The van der Waals surface area contributed by atoms with Crippen LogP contribution in [0.2, 0.25) is 0 Å². The zero-order valence-electron chi connectivity index (χ0n) is 15.3. The second-order valence-electron chi connectivity index (χ2n) is 6.73. The van der Waals surface area contributed by atoms with Gasteiger partial charge in [-0.3, -0.25) is 9.58 Å². The Morgan fingerprint density at radius 1 is 1.26 bits per heavy atom. The van der Waals surface area contributed by atoms with Gasteiger partial charge in [0.15, 0.2) is 0 Å². The minimum atomic E-state index is -4.31. The quantitative estimate of drug-likeness (QED) is 0.817. The van der Waals surface area contributed by atoms with Crippen molar-refractivity contribution in [3.05, 3.63) is 52.3 Å². The summed E-state index contributed by atoms with van der Waals surface area (Å²) in [6.45, 7) is 4.61. The van der Waals surface area contributed by atoms with Crippen molar-refractivity contribution in [2.45, 2.75) is 39.2 Å². The molecule has 2 heterocycles. The van der Waals surface area contributed by atoms with Gasteiger partial charge in [0, 0.05) is 24.3 Å². The van der Waals surface area contributed by atoms with Gasteiger partial charge in [-0.05, 0) is 31.5 Å². The number of nitrogens with zero attached hydrogens (tertiary/aromatic N) is 4. The number of halogens is 3. The third kappa shape index (κ3) is 4.49. The second-order valence-corrected chi connectivity index (χ2v) is 6.73. The Morgan fingerprint density at radius 2 is 1.96 bits per heavy atom. The number of aryl methyl sites for hydroxylation is 1. The van der Waals surface area contributed by atoms with E-state index in [1.807, 2.05) is 12.1 Å². The summed E-state index contributed by atoms with van der Waals surface area (Å²) in [7, 11) is 0. The first kappa shape index (κ1) is 19.4. The van der Waals surface area contributed by atoms with Gasteiger partial charge in [-0.25, -0.2) is 0 Å². The molecule has 0 amide bonds. The van der Waals surface area contributed by atoms with E-state index in [1.54, 1.807) is 26.0 Å². The highest BCUT2D eigenvalue weighted by Gasteiger charge is 2.33. The van der Waals surface area contributed by atoms with Crippen molar-refractivity contribution in [1.29, 1.82) is 5.26 Å². The zero-order valence-corrected chi connectivity index (χ0v) is 15.3. The van der Waals surface area contributed by atoms with Gasteiger partial charge in [0.1, 0.15) is 6.54 Å². The third-order valence-corrected chi connectivity index (χ3v) is 4.81. The Morgan fingerprint density at radius 3 is 2.59 bits per heavy atom. The first-order chi connectivity index (χ1) is 12.8. The molecule has 0 N–H and O–H groups in total. The molecule has 1 unspecified atom stereocenters. The zero-order chi connectivity index (χ0) is 19.6. The number of rotatable bonds is 4. The number of hydrogen-bond donors (Lipinski definition) is 0. The fourth-order valence-corrected chi connectivity index (χ4v) is 3.53. The molecule has 1 aromatic carbocycles. The maximum atomic E-state index is 12.8. The molecule has 1 aliphatic rings. The van der Waals surface area contributed by atoms with E-state index in [4.69, 9.17) is 10.00 Å². The molecule has 27 heavy (non-hydrogen) atoms. The van der Waals surface area contributed by atoms with Crippen LogP contribution in [0.4, 0.5) is 13.2 Å². The van der Waals surface area contributed by atoms with Crippen LogP contribution in [0, 0.1) is 25.2 Å². The lowest BCUT2D eigenvalue weighted by Crippen LogP contribution is -2.39. The Bertz CT molecular complexity index is 836. The van der Waals surface area contributed by atoms with E-state index in [0.717, 1.165) is 15.8 Å². The van der Waals surface area contributed by atoms with Crippen molar-refractivity contribution in [3.8, 4) is 6.07 Å². The molecular formula is C19H21F3N4O. The standard InChI is InChI=1S/C19H21F3N4O/c1-13-18(14(2)26(24-13)12-19(20,21)22)17-11-27-8-7-25(17)10-16-5-3-15(9-23)4-6-16/h3-6,17H,7-8,10-12H2,1-2H3. The van der Waals surface area contributed by atoms with Gasteiger partial charge in [0.25, 0.3) is 0 Å². The number of benzene rings is 1. The maximum absolute atomic E-state index is 12.8. The van der Waals surface area contributed by atoms with Gasteiger partial charge in [-0.1, -0.05) is 12.1 Å². The van der Waals surface area contributed by atoms with E-state index in [-0.39, 0.29) is 6.04 Å². The minimum Gasteiger partial charge on any atom is -0.378 e. The number of aromatic nitrogens is 2. The normalized spacial score (nSPS) is 18.4. The predicted octanol–water partition coefficient (Wildman–Crippen LogP) is 3.51. The average Bonchev–Trinajstić information content (AvgIpc) is 2.88. The van der Waals surface area contributed by atoms with Crippen LogP contribution in [-0.4, -0.2) is 40.6 Å². The number of alkyl halides is 3. The van der Waals surface area contributed by atoms with Gasteiger partial charge in [-0.2, -0.15) is 23.5 Å². The smallest absolute Gasteiger partial charge is 0.378 e. The fraction of sp³-hybridized carbons (Fsp3) is 0.474. The Hall–Kier alpha value is -2.37. The van der Waals surface area contributed by atoms with Gasteiger partial charge in [-0.15, -0.1) is 0 Å². The molecule has 5 nitrogen and oxygen atoms in total. The summed E-state index contributed by atoms with van der Waals surface area (Å²) in [5, 5.41) is 13.0. The first-order valence-electron chi connectivity index (χ1n) is 8.70. The molecular weight excluding hydrogens is 357 g/mol. The lowest BCUT2D eigenvalue weighted by molar-refractivity contribution is -0.143. The molecule has 0 spiro atoms. The fourth-order valence-electron chi connectivity index (χ4n) is 3.53. The van der Waals surface area contributed by atoms with Crippen LogP contribution >= 0.6 is 0 Å². The van der Waals surface area contributed by atoms with E-state index in [0.29, 0.717) is 43.3 Å². The van der Waals surface area contributed by atoms with Crippen LogP contribution in [0.3, 0.4) is 0 Å². The number of morpholine rings is 1. The van der Waals surface area contributed by atoms with E-state index >= 15 is 0 Å². The number of nitriles is 1. The van der Waals surface area contributed by atoms with E-state index in [2.05, 4.69) is 16.1 Å². The molecule has 0 bridgehead atoms. The summed E-state index contributed by atoms with van der Waals surface area (Å²) < 4.78 is 45.1. The molecule has 1 atom stereocenters. The molecule has 2 aromatic rings. The summed E-state index contributed by atoms with van der Waals surface area (Å²) in [6.07, 6.45) is -4.31. The second kappa shape index (κ2) is 7.71. The largest absolute Gasteiger partial charge is 0.408 e. The van der Waals surface area contributed by atoms with Gasteiger partial charge in [0.05, 0.1) is 36.6 Å². The van der Waals surface area contributed by atoms with Crippen molar-refractivity contribution in [3.63, 3.8) is 0 Å². The highest BCUT2D eigenvalue weighted by atomic mass is 19.4. The van der Waals surface area contributed by atoms with Crippen molar-refractivity contribution in [2.75, 3.05) is 19.8 Å². The number of hydrogen-bond acceptors (Lipinski definition) is 4. The SMILES string of the molecule is Cc1nn(CC(F)(F)F)c(C)c1C1COCCN1Cc1ccc(C#N)cc1. The van der Waals surface area contributed by atoms with Crippen LogP contribution < -0.4 is 0 Å². The van der Waals surface area contributed by atoms with Crippen LogP contribution in [0.15, 0.2) is 24.3 Å². The predicted molar refractivity (Wildman–Crippen MR) is 92.9 cm³/mol. The average molecular weight is 378 g/mol. The molecule has 0 aliphatic carbocycles. The van der Waals surface area contributed by atoms with Crippen molar-refractivity contribution >= 4 is 0 Å². The van der Waals surface area contributed by atoms with Crippen LogP contribution in [0.5, 0.6) is 0 Å². The third-order valence-electron chi connectivity index (χ3n) is 4.81. The van der Waals surface area contributed by atoms with Crippen molar-refractivity contribution in [2.24, 2.45) is 0 Å². The Kier molecular flexibility index (Phi) is 5.53. The van der Waals surface area contributed by atoms with E-state index in [9.17, 15) is 13.2 Å². The summed E-state index contributed by atoms with van der Waals surface area (Å²) in [5.74, 6) is 0. The molecule has 0 radical (unpaired) electrons. The monoisotopic (exact) mass is 378 g/mol. The highest BCUT2D eigenvalue weighted by molar-refractivity contribution is 5.32. The molecule has 0 saturated carbocycles. The summed E-state index contributed by atoms with van der Waals surface area (Å²) in [5.41, 5.74) is 3.55. The van der Waals surface area contributed by atoms with Crippen molar-refractivity contribution in [1.82, 2.24) is 14.7 Å². The first-order valence-corrected chi connectivity index (χ1v) is 8.70. The highest BCUT2D eigenvalue weighted by Crippen LogP contribution is 2.31. The topological polar surface area (TPSA) is 54.1 Å². The molecule has 1 aromatic heterocycles. The lowest BCUT2D eigenvalue weighted by Gasteiger charge is -2.36. The van der Waals surface area contributed by atoms with Crippen LogP contribution in [-0.2, 0) is 17.8 Å². The van der Waals surface area contributed by atoms with E-state index in [1.165, 1.54) is 0 Å². The van der Waals surface area contributed by atoms with Crippen LogP contribution in [0.25, 0.3) is 0 Å². The van der Waals surface area contributed by atoms with Gasteiger partial charge in [0.2, 0.25) is 0 Å². The summed E-state index contributed by atoms with van der Waals surface area (Å²) in [4.78, 5) is 2.19. The molecule has 3 rings (SSSR count). The molecule has 1 saturated heterocycles. The lowest BCUT2D eigenvalue weighted by atomic mass is 10.0. The molecule has 1 aliphatic heterocycles. The minimum absolute atomic E-state index is 0.156. The molecule has 1 fully saturated rings. The summed E-state index contributed by atoms with van der Waals surface area (Å²) >= 11 is 0. The van der Waals surface area contributed by atoms with Crippen LogP contribution in [0.1, 0.15) is 34.1 Å². The molecule has 144 valence electrons. The van der Waals surface area contributed by atoms with Gasteiger partial charge >= 0.3 is 6.18 Å². The Balaban J connectivity index is 1.86. The van der Waals surface area contributed by atoms with Crippen molar-refractivity contribution < 1.29 is 17.9 Å². The van der Waals surface area contributed by atoms with E-state index < -0.39 is 12.7 Å².